The van der Waals surface area contributed by atoms with Crippen LogP contribution in [0.1, 0.15) is 59.9 Å². The van der Waals surface area contributed by atoms with E-state index in [0.29, 0.717) is 25.9 Å². The van der Waals surface area contributed by atoms with Crippen LogP contribution in [0, 0.1) is 13.8 Å². The van der Waals surface area contributed by atoms with E-state index in [0.717, 1.165) is 27.8 Å². The van der Waals surface area contributed by atoms with Crippen molar-refractivity contribution in [3.05, 3.63) is 46.8 Å². The van der Waals surface area contributed by atoms with Gasteiger partial charge in [-0.15, -0.1) is 0 Å². The molecule has 5 nitrogen and oxygen atoms in total. The summed E-state index contributed by atoms with van der Waals surface area (Å²) < 4.78 is 47.7. The molecular weight excluding hydrogens is 383 g/mol. The van der Waals surface area contributed by atoms with Crippen molar-refractivity contribution in [3.8, 4) is 5.75 Å². The number of ether oxygens (including phenoxy) is 1. The fraction of sp³-hybridized carbons (Fsp3) is 0.524. The lowest BCUT2D eigenvalue weighted by molar-refractivity contribution is -0.145. The van der Waals surface area contributed by atoms with Crippen LogP contribution in [0.15, 0.2) is 24.4 Å². The Labute approximate surface area is 168 Å². The van der Waals surface area contributed by atoms with E-state index >= 15 is 0 Å². The summed E-state index contributed by atoms with van der Waals surface area (Å²) in [7, 11) is 0. The maximum Gasteiger partial charge on any atom is 0.433 e. The summed E-state index contributed by atoms with van der Waals surface area (Å²) in [4.78, 5) is 14.3. The molecular formula is C21H26F3N3O2. The average Bonchev–Trinajstić information content (AvgIpc) is 3.11. The van der Waals surface area contributed by atoms with Gasteiger partial charge in [0.1, 0.15) is 11.9 Å². The number of benzene rings is 1. The van der Waals surface area contributed by atoms with Gasteiger partial charge < -0.3 is 9.64 Å². The predicted octanol–water partition coefficient (Wildman–Crippen LogP) is 4.78. The Morgan fingerprint density at radius 2 is 1.76 bits per heavy atom. The fourth-order valence-electron chi connectivity index (χ4n) is 3.69. The van der Waals surface area contributed by atoms with E-state index < -0.39 is 23.8 Å². The van der Waals surface area contributed by atoms with Crippen molar-refractivity contribution in [2.45, 2.75) is 58.9 Å². The van der Waals surface area contributed by atoms with Gasteiger partial charge in [-0.25, -0.2) is 0 Å². The van der Waals surface area contributed by atoms with E-state index in [1.165, 1.54) is 4.90 Å². The number of para-hydroxylation sites is 1. The van der Waals surface area contributed by atoms with Crippen LogP contribution in [-0.2, 0) is 6.18 Å². The highest BCUT2D eigenvalue weighted by molar-refractivity contribution is 5.95. The van der Waals surface area contributed by atoms with Gasteiger partial charge in [-0.3, -0.25) is 9.48 Å². The molecule has 1 aromatic carbocycles. The number of halogens is 3. The van der Waals surface area contributed by atoms with Crippen LogP contribution < -0.4 is 4.74 Å². The Morgan fingerprint density at radius 1 is 1.17 bits per heavy atom. The minimum absolute atomic E-state index is 0.0701. The van der Waals surface area contributed by atoms with Crippen LogP contribution in [0.4, 0.5) is 13.2 Å². The summed E-state index contributed by atoms with van der Waals surface area (Å²) in [5.41, 5.74) is 0.713. The molecule has 0 atom stereocenters. The third-order valence-electron chi connectivity index (χ3n) is 5.21. The second kappa shape index (κ2) is 8.08. The minimum atomic E-state index is -4.64. The van der Waals surface area contributed by atoms with E-state index in [-0.39, 0.29) is 11.7 Å². The van der Waals surface area contributed by atoms with Gasteiger partial charge in [0.15, 0.2) is 5.69 Å². The highest BCUT2D eigenvalue weighted by atomic mass is 19.4. The molecule has 0 spiro atoms. The molecule has 29 heavy (non-hydrogen) atoms. The van der Waals surface area contributed by atoms with Crippen LogP contribution >= 0.6 is 0 Å². The third-order valence-corrected chi connectivity index (χ3v) is 5.21. The highest BCUT2D eigenvalue weighted by Crippen LogP contribution is 2.34. The van der Waals surface area contributed by atoms with Crippen LogP contribution in [0.5, 0.6) is 5.75 Å². The van der Waals surface area contributed by atoms with Crippen molar-refractivity contribution in [2.24, 2.45) is 0 Å². The van der Waals surface area contributed by atoms with Gasteiger partial charge in [0.05, 0.1) is 11.8 Å². The number of aryl methyl sites for hydroxylation is 2. The van der Waals surface area contributed by atoms with Crippen molar-refractivity contribution >= 4 is 5.91 Å². The predicted molar refractivity (Wildman–Crippen MR) is 103 cm³/mol. The number of carbonyl (C=O) groups is 1. The lowest BCUT2D eigenvalue weighted by atomic mass is 10.1. The molecule has 1 fully saturated rings. The normalized spacial score (nSPS) is 15.8. The van der Waals surface area contributed by atoms with E-state index in [1.54, 1.807) is 13.8 Å². The summed E-state index contributed by atoms with van der Waals surface area (Å²) in [5.74, 6) is 0.213. The Kier molecular flexibility index (Phi) is 5.91. The van der Waals surface area contributed by atoms with Gasteiger partial charge in [-0.05, 0) is 38.8 Å². The lowest BCUT2D eigenvalue weighted by Gasteiger charge is -2.33. The fourth-order valence-corrected chi connectivity index (χ4v) is 3.69. The maximum absolute atomic E-state index is 13.6. The van der Waals surface area contributed by atoms with Gasteiger partial charge in [0.2, 0.25) is 0 Å². The van der Waals surface area contributed by atoms with Crippen LogP contribution in [-0.4, -0.2) is 39.8 Å². The van der Waals surface area contributed by atoms with E-state index in [1.807, 2.05) is 32.0 Å². The standard InChI is InChI=1S/C21H26F3N3O2/c1-13(2)27-19(21(22,23)24)17(12-25-27)20(28)26-10-8-16(9-11-26)29-18-14(3)6-5-7-15(18)4/h5-7,12-13,16H,8-11H2,1-4H3. The van der Waals surface area contributed by atoms with Gasteiger partial charge in [-0.2, -0.15) is 18.3 Å². The van der Waals surface area contributed by atoms with E-state index in [2.05, 4.69) is 5.10 Å². The largest absolute Gasteiger partial charge is 0.490 e. The monoisotopic (exact) mass is 409 g/mol. The van der Waals surface area contributed by atoms with Crippen molar-refractivity contribution in [1.82, 2.24) is 14.7 Å². The van der Waals surface area contributed by atoms with Gasteiger partial charge in [0, 0.05) is 32.0 Å². The second-order valence-electron chi connectivity index (χ2n) is 7.77. The first kappa shape index (κ1) is 21.2. The summed E-state index contributed by atoms with van der Waals surface area (Å²) in [6.07, 6.45) is -2.54. The number of aromatic nitrogens is 2. The zero-order valence-electron chi connectivity index (χ0n) is 17.1. The quantitative estimate of drug-likeness (QED) is 0.730. The third kappa shape index (κ3) is 4.41. The Hall–Kier alpha value is -2.51. The van der Waals surface area contributed by atoms with E-state index in [4.69, 9.17) is 4.74 Å². The van der Waals surface area contributed by atoms with Gasteiger partial charge in [0.25, 0.3) is 5.91 Å². The molecule has 2 heterocycles. The molecule has 0 bridgehead atoms. The molecule has 1 aliphatic rings. The molecule has 0 radical (unpaired) electrons. The van der Waals surface area contributed by atoms with Crippen LogP contribution in [0.3, 0.4) is 0 Å². The number of amides is 1. The molecule has 0 N–H and O–H groups in total. The molecule has 2 aromatic rings. The first-order chi connectivity index (χ1) is 13.6. The number of hydrogen-bond acceptors (Lipinski definition) is 3. The lowest BCUT2D eigenvalue weighted by Crippen LogP contribution is -2.42. The molecule has 3 rings (SSSR count). The summed E-state index contributed by atoms with van der Waals surface area (Å²) >= 11 is 0. The van der Waals surface area contributed by atoms with Crippen LogP contribution in [0.2, 0.25) is 0 Å². The molecule has 1 aliphatic heterocycles. The van der Waals surface area contributed by atoms with Gasteiger partial charge >= 0.3 is 6.18 Å². The second-order valence-corrected chi connectivity index (χ2v) is 7.77. The smallest absolute Gasteiger partial charge is 0.433 e. The number of piperidine rings is 1. The van der Waals surface area contributed by atoms with Crippen molar-refractivity contribution < 1.29 is 22.7 Å². The van der Waals surface area contributed by atoms with Gasteiger partial charge in [-0.1, -0.05) is 18.2 Å². The first-order valence-electron chi connectivity index (χ1n) is 9.76. The number of alkyl halides is 3. The molecule has 1 amide bonds. The number of carbonyl (C=O) groups excluding carboxylic acids is 1. The summed E-state index contributed by atoms with van der Waals surface area (Å²) in [5, 5.41) is 3.81. The molecule has 0 saturated carbocycles. The molecule has 158 valence electrons. The SMILES string of the molecule is Cc1cccc(C)c1OC1CCN(C(=O)c2cnn(C(C)C)c2C(F)(F)F)CC1. The Balaban J connectivity index is 1.71. The molecule has 1 aromatic heterocycles. The first-order valence-corrected chi connectivity index (χ1v) is 9.76. The average molecular weight is 409 g/mol. The molecule has 1 saturated heterocycles. The highest BCUT2D eigenvalue weighted by Gasteiger charge is 2.41. The Bertz CT molecular complexity index is 862. The van der Waals surface area contributed by atoms with E-state index in [9.17, 15) is 18.0 Å². The Morgan fingerprint density at radius 3 is 2.28 bits per heavy atom. The van der Waals surface area contributed by atoms with Crippen molar-refractivity contribution in [2.75, 3.05) is 13.1 Å². The summed E-state index contributed by atoms with van der Waals surface area (Å²) in [6.45, 7) is 7.86. The zero-order valence-corrected chi connectivity index (χ0v) is 17.1. The minimum Gasteiger partial charge on any atom is -0.490 e. The zero-order chi connectivity index (χ0) is 21.3. The van der Waals surface area contributed by atoms with Crippen molar-refractivity contribution in [1.29, 1.82) is 0 Å². The molecule has 8 heteroatoms. The van der Waals surface area contributed by atoms with Crippen molar-refractivity contribution in [3.63, 3.8) is 0 Å². The molecule has 0 unspecified atom stereocenters. The number of likely N-dealkylation sites (tertiary alicyclic amines) is 1. The number of nitrogens with zero attached hydrogens (tertiary/aromatic N) is 3. The van der Waals surface area contributed by atoms with Crippen LogP contribution in [0.25, 0.3) is 0 Å². The number of hydrogen-bond donors (Lipinski definition) is 0. The maximum atomic E-state index is 13.6. The number of rotatable bonds is 4. The molecule has 0 aliphatic carbocycles. The topological polar surface area (TPSA) is 47.4 Å². The summed E-state index contributed by atoms with van der Waals surface area (Å²) in [6, 6.07) is 5.43.